The number of carbonyl (C=O) groups is 2. The molecule has 1 aromatic rings. The summed E-state index contributed by atoms with van der Waals surface area (Å²) in [7, 11) is 3.24. The van der Waals surface area contributed by atoms with Crippen LogP contribution in [0.15, 0.2) is 12.3 Å². The van der Waals surface area contributed by atoms with Gasteiger partial charge in [0.25, 0.3) is 0 Å². The molecule has 0 aromatic carbocycles. The largest absolute Gasteiger partial charge is 0.477 e. The van der Waals surface area contributed by atoms with Crippen molar-refractivity contribution in [1.82, 2.24) is 9.88 Å². The molecule has 0 aliphatic rings. The molecule has 0 spiro atoms. The number of carbonyl (C=O) groups excluding carboxylic acids is 1. The maximum absolute atomic E-state index is 11.3. The second-order valence-corrected chi connectivity index (χ2v) is 4.11. The van der Waals surface area contributed by atoms with Crippen LogP contribution in [0.3, 0.4) is 0 Å². The van der Waals surface area contributed by atoms with E-state index in [1.54, 1.807) is 14.1 Å². The van der Waals surface area contributed by atoms with E-state index in [1.807, 2.05) is 0 Å². The van der Waals surface area contributed by atoms with E-state index in [0.717, 1.165) is 12.3 Å². The van der Waals surface area contributed by atoms with Gasteiger partial charge < -0.3 is 15.3 Å². The van der Waals surface area contributed by atoms with Gasteiger partial charge in [0.15, 0.2) is 0 Å². The number of rotatable bonds is 6. The number of nitrogens with zero attached hydrogens (tertiary/aromatic N) is 3. The van der Waals surface area contributed by atoms with Gasteiger partial charge in [-0.25, -0.2) is 9.78 Å². The molecule has 0 aliphatic carbocycles. The van der Waals surface area contributed by atoms with Crippen molar-refractivity contribution in [2.45, 2.75) is 6.42 Å². The van der Waals surface area contributed by atoms with Crippen LogP contribution in [0.4, 0.5) is 11.5 Å². The third-order valence-electron chi connectivity index (χ3n) is 2.45. The SMILES string of the molecule is CN(C)C(=O)CCNc1cc(C(=O)O)c([N+](=O)[O-])cn1. The van der Waals surface area contributed by atoms with E-state index >= 15 is 0 Å². The Morgan fingerprint density at radius 3 is 2.65 bits per heavy atom. The first-order valence-electron chi connectivity index (χ1n) is 5.64. The molecule has 0 unspecified atom stereocenters. The van der Waals surface area contributed by atoms with Crippen molar-refractivity contribution < 1.29 is 19.6 Å². The average molecular weight is 282 g/mol. The van der Waals surface area contributed by atoms with Crippen LogP contribution < -0.4 is 5.32 Å². The molecule has 0 radical (unpaired) electrons. The average Bonchev–Trinajstić information content (AvgIpc) is 2.37. The van der Waals surface area contributed by atoms with Crippen LogP contribution in [-0.2, 0) is 4.79 Å². The molecule has 0 fully saturated rings. The molecule has 0 atom stereocenters. The van der Waals surface area contributed by atoms with Crippen LogP contribution in [-0.4, -0.2) is 52.4 Å². The van der Waals surface area contributed by atoms with Gasteiger partial charge in [-0.1, -0.05) is 0 Å². The van der Waals surface area contributed by atoms with Gasteiger partial charge in [-0.2, -0.15) is 0 Å². The summed E-state index contributed by atoms with van der Waals surface area (Å²) in [6.07, 6.45) is 1.08. The van der Waals surface area contributed by atoms with Gasteiger partial charge in [0.2, 0.25) is 5.91 Å². The Balaban J connectivity index is 2.78. The van der Waals surface area contributed by atoms with Crippen LogP contribution in [0.2, 0.25) is 0 Å². The molecule has 9 heteroatoms. The Bertz CT molecular complexity index is 544. The number of nitrogens with one attached hydrogen (secondary N) is 1. The summed E-state index contributed by atoms with van der Waals surface area (Å²) in [5.74, 6) is -1.34. The molecule has 1 rings (SSSR count). The predicted octanol–water partition coefficient (Wildman–Crippen LogP) is 0.578. The van der Waals surface area contributed by atoms with Crippen molar-refractivity contribution in [2.24, 2.45) is 0 Å². The van der Waals surface area contributed by atoms with Gasteiger partial charge in [0, 0.05) is 33.1 Å². The van der Waals surface area contributed by atoms with Gasteiger partial charge >= 0.3 is 11.7 Å². The number of hydrogen-bond acceptors (Lipinski definition) is 6. The number of carboxylic acids is 1. The van der Waals surface area contributed by atoms with E-state index in [-0.39, 0.29) is 24.7 Å². The Kier molecular flexibility index (Phi) is 4.95. The van der Waals surface area contributed by atoms with E-state index in [4.69, 9.17) is 5.11 Å². The summed E-state index contributed by atoms with van der Waals surface area (Å²) in [6, 6.07) is 1.07. The maximum atomic E-state index is 11.3. The lowest BCUT2D eigenvalue weighted by atomic mass is 10.2. The minimum Gasteiger partial charge on any atom is -0.477 e. The predicted molar refractivity (Wildman–Crippen MR) is 69.7 cm³/mol. The van der Waals surface area contributed by atoms with Crippen molar-refractivity contribution in [3.05, 3.63) is 27.9 Å². The van der Waals surface area contributed by atoms with Crippen LogP contribution in [0.25, 0.3) is 0 Å². The molecule has 9 nitrogen and oxygen atoms in total. The highest BCUT2D eigenvalue weighted by Gasteiger charge is 2.20. The van der Waals surface area contributed by atoms with Crippen LogP contribution in [0.5, 0.6) is 0 Å². The fourth-order valence-corrected chi connectivity index (χ4v) is 1.38. The summed E-state index contributed by atoms with van der Waals surface area (Å²) < 4.78 is 0. The van der Waals surface area contributed by atoms with Crippen molar-refractivity contribution in [3.8, 4) is 0 Å². The van der Waals surface area contributed by atoms with Crippen LogP contribution >= 0.6 is 0 Å². The minimum absolute atomic E-state index is 0.0992. The number of aromatic carboxylic acids is 1. The summed E-state index contributed by atoms with van der Waals surface area (Å²) in [4.78, 5) is 37.3. The second kappa shape index (κ2) is 6.45. The smallest absolute Gasteiger partial charge is 0.342 e. The number of nitro groups is 1. The molecule has 108 valence electrons. The summed E-state index contributed by atoms with van der Waals surface area (Å²) in [6.45, 7) is 0.251. The normalized spacial score (nSPS) is 9.90. The lowest BCUT2D eigenvalue weighted by Crippen LogP contribution is -2.24. The van der Waals surface area contributed by atoms with E-state index in [9.17, 15) is 19.7 Å². The quantitative estimate of drug-likeness (QED) is 0.577. The lowest BCUT2D eigenvalue weighted by Gasteiger charge is -2.10. The first kappa shape index (κ1) is 15.3. The molecular weight excluding hydrogens is 268 g/mol. The zero-order chi connectivity index (χ0) is 15.3. The van der Waals surface area contributed by atoms with Crippen LogP contribution in [0, 0.1) is 10.1 Å². The molecule has 0 saturated carbocycles. The Morgan fingerprint density at radius 1 is 1.50 bits per heavy atom. The Morgan fingerprint density at radius 2 is 2.15 bits per heavy atom. The standard InChI is InChI=1S/C11H14N4O5/c1-14(2)10(16)3-4-12-9-5-7(11(17)18)8(6-13-9)15(19)20/h5-6H,3-4H2,1-2H3,(H,12,13)(H,17,18). The third-order valence-corrected chi connectivity index (χ3v) is 2.45. The molecule has 1 amide bonds. The van der Waals surface area contributed by atoms with Gasteiger partial charge in [-0.3, -0.25) is 14.9 Å². The van der Waals surface area contributed by atoms with Crippen molar-refractivity contribution in [1.29, 1.82) is 0 Å². The second-order valence-electron chi connectivity index (χ2n) is 4.11. The number of hydrogen-bond donors (Lipinski definition) is 2. The van der Waals surface area contributed by atoms with E-state index < -0.39 is 22.1 Å². The molecule has 1 aromatic heterocycles. The number of pyridine rings is 1. The number of aromatic nitrogens is 1. The van der Waals surface area contributed by atoms with E-state index in [1.165, 1.54) is 4.90 Å². The van der Waals surface area contributed by atoms with Gasteiger partial charge in [-0.15, -0.1) is 0 Å². The monoisotopic (exact) mass is 282 g/mol. The first-order valence-corrected chi connectivity index (χ1v) is 5.64. The highest BCUT2D eigenvalue weighted by molar-refractivity contribution is 5.93. The Hall–Kier alpha value is -2.71. The lowest BCUT2D eigenvalue weighted by molar-refractivity contribution is -0.385. The van der Waals surface area contributed by atoms with Crippen molar-refractivity contribution in [3.63, 3.8) is 0 Å². The molecule has 20 heavy (non-hydrogen) atoms. The van der Waals surface area contributed by atoms with E-state index in [2.05, 4.69) is 10.3 Å². The fourth-order valence-electron chi connectivity index (χ4n) is 1.38. The number of anilines is 1. The maximum Gasteiger partial charge on any atom is 0.342 e. The highest BCUT2D eigenvalue weighted by Crippen LogP contribution is 2.20. The molecular formula is C11H14N4O5. The zero-order valence-corrected chi connectivity index (χ0v) is 11.0. The molecule has 0 aliphatic heterocycles. The number of carboxylic acid groups (broad SMARTS) is 1. The minimum atomic E-state index is -1.41. The van der Waals surface area contributed by atoms with Gasteiger partial charge in [0.05, 0.1) is 4.92 Å². The van der Waals surface area contributed by atoms with Gasteiger partial charge in [0.1, 0.15) is 17.6 Å². The zero-order valence-electron chi connectivity index (χ0n) is 11.0. The van der Waals surface area contributed by atoms with Gasteiger partial charge in [-0.05, 0) is 0 Å². The van der Waals surface area contributed by atoms with E-state index in [0.29, 0.717) is 0 Å². The first-order chi connectivity index (χ1) is 9.32. The Labute approximate surface area is 114 Å². The van der Waals surface area contributed by atoms with Crippen molar-refractivity contribution in [2.75, 3.05) is 26.0 Å². The molecule has 2 N–H and O–H groups in total. The highest BCUT2D eigenvalue weighted by atomic mass is 16.6. The van der Waals surface area contributed by atoms with Crippen molar-refractivity contribution >= 4 is 23.4 Å². The number of amides is 1. The topological polar surface area (TPSA) is 126 Å². The fraction of sp³-hybridized carbons (Fsp3) is 0.364. The summed E-state index contributed by atoms with van der Waals surface area (Å²) >= 11 is 0. The third kappa shape index (κ3) is 3.90. The molecule has 0 saturated heterocycles. The molecule has 0 bridgehead atoms. The summed E-state index contributed by atoms with van der Waals surface area (Å²) in [5, 5.41) is 22.3. The summed E-state index contributed by atoms with van der Waals surface area (Å²) in [5.41, 5.74) is -1.03. The molecule has 1 heterocycles. The van der Waals surface area contributed by atoms with Crippen LogP contribution in [0.1, 0.15) is 16.8 Å².